The first-order valence-corrected chi connectivity index (χ1v) is 10.2. The first-order valence-electron chi connectivity index (χ1n) is 7.87. The fourth-order valence-corrected chi connectivity index (χ4v) is 4.61. The first-order chi connectivity index (χ1) is 12.3. The second-order valence-corrected chi connectivity index (χ2v) is 8.72. The molecule has 1 aromatic carbocycles. The van der Waals surface area contributed by atoms with E-state index in [0.717, 1.165) is 11.3 Å². The van der Waals surface area contributed by atoms with Gasteiger partial charge in [0.05, 0.1) is 19.9 Å². The average Bonchev–Trinajstić information content (AvgIpc) is 3.15. The zero-order chi connectivity index (χ0) is 19.3. The molecule has 0 bridgehead atoms. The highest BCUT2D eigenvalue weighted by atomic mass is 32.2. The Morgan fingerprint density at radius 1 is 1.15 bits per heavy atom. The normalized spacial score (nSPS) is 12.7. The predicted molar refractivity (Wildman–Crippen MR) is 101 cm³/mol. The Kier molecular flexibility index (Phi) is 6.63. The molecule has 0 aliphatic heterocycles. The van der Waals surface area contributed by atoms with Crippen molar-refractivity contribution in [3.63, 3.8) is 0 Å². The molecule has 1 aromatic heterocycles. The zero-order valence-electron chi connectivity index (χ0n) is 15.0. The molecule has 0 fully saturated rings. The van der Waals surface area contributed by atoms with Crippen molar-refractivity contribution in [2.45, 2.75) is 24.1 Å². The summed E-state index contributed by atoms with van der Waals surface area (Å²) in [4.78, 5) is 12.7. The van der Waals surface area contributed by atoms with Crippen LogP contribution in [0, 0.1) is 5.92 Å². The third-order valence-electron chi connectivity index (χ3n) is 3.66. The highest BCUT2D eigenvalue weighted by Gasteiger charge is 2.29. The lowest BCUT2D eigenvalue weighted by Crippen LogP contribution is -2.46. The Labute approximate surface area is 157 Å². The van der Waals surface area contributed by atoms with E-state index < -0.39 is 22.0 Å². The quantitative estimate of drug-likeness (QED) is 0.713. The molecule has 1 amide bonds. The molecule has 7 nitrogen and oxygen atoms in total. The first kappa shape index (κ1) is 20.2. The number of nitrogens with one attached hydrogen (secondary N) is 2. The van der Waals surface area contributed by atoms with Crippen LogP contribution in [0.2, 0.25) is 0 Å². The van der Waals surface area contributed by atoms with E-state index in [4.69, 9.17) is 9.47 Å². The van der Waals surface area contributed by atoms with E-state index in [9.17, 15) is 13.2 Å². The van der Waals surface area contributed by atoms with Crippen LogP contribution in [0.5, 0.6) is 11.5 Å². The fourth-order valence-electron chi connectivity index (χ4n) is 2.26. The van der Waals surface area contributed by atoms with Crippen molar-refractivity contribution in [2.24, 2.45) is 5.92 Å². The molecule has 26 heavy (non-hydrogen) atoms. The molecule has 2 N–H and O–H groups in total. The smallest absolute Gasteiger partial charge is 0.250 e. The molecule has 0 spiro atoms. The molecule has 0 saturated carbocycles. The van der Waals surface area contributed by atoms with E-state index >= 15 is 0 Å². The van der Waals surface area contributed by atoms with Gasteiger partial charge in [-0.1, -0.05) is 19.9 Å². The van der Waals surface area contributed by atoms with Crippen molar-refractivity contribution in [3.8, 4) is 11.5 Å². The maximum absolute atomic E-state index is 12.7. The minimum atomic E-state index is -3.78. The molecular weight excluding hydrogens is 376 g/mol. The summed E-state index contributed by atoms with van der Waals surface area (Å²) in [5, 5.41) is 4.38. The summed E-state index contributed by atoms with van der Waals surface area (Å²) < 4.78 is 38.0. The number of ether oxygens (including phenoxy) is 2. The molecule has 2 rings (SSSR count). The summed E-state index contributed by atoms with van der Waals surface area (Å²) in [5.41, 5.74) is 0.401. The van der Waals surface area contributed by atoms with Crippen LogP contribution in [-0.4, -0.2) is 34.6 Å². The van der Waals surface area contributed by atoms with Gasteiger partial charge in [0.1, 0.15) is 21.8 Å². The largest absolute Gasteiger partial charge is 0.497 e. The van der Waals surface area contributed by atoms with Gasteiger partial charge < -0.3 is 14.8 Å². The Hall–Kier alpha value is -2.10. The van der Waals surface area contributed by atoms with Crippen LogP contribution in [-0.2, 0) is 14.8 Å². The second kappa shape index (κ2) is 8.52. The number of hydrogen-bond donors (Lipinski definition) is 2. The van der Waals surface area contributed by atoms with E-state index in [1.165, 1.54) is 20.3 Å². The average molecular weight is 399 g/mol. The van der Waals surface area contributed by atoms with Crippen LogP contribution in [0.25, 0.3) is 0 Å². The number of hydrogen-bond acceptors (Lipinski definition) is 6. The molecule has 2 aromatic rings. The zero-order valence-corrected chi connectivity index (χ0v) is 16.6. The molecule has 0 radical (unpaired) electrons. The van der Waals surface area contributed by atoms with Gasteiger partial charge in [-0.2, -0.15) is 4.72 Å². The fraction of sp³-hybridized carbons (Fsp3) is 0.353. The summed E-state index contributed by atoms with van der Waals surface area (Å²) in [6.45, 7) is 3.54. The number of carbonyl (C=O) groups is 1. The topological polar surface area (TPSA) is 93.7 Å². The number of sulfonamides is 1. The highest BCUT2D eigenvalue weighted by molar-refractivity contribution is 7.91. The Balaban J connectivity index is 2.24. The van der Waals surface area contributed by atoms with E-state index in [2.05, 4.69) is 10.0 Å². The number of benzene rings is 1. The van der Waals surface area contributed by atoms with Crippen LogP contribution in [0.3, 0.4) is 0 Å². The van der Waals surface area contributed by atoms with E-state index in [0.29, 0.717) is 17.2 Å². The lowest BCUT2D eigenvalue weighted by atomic mass is 10.0. The molecular formula is C17H22N2O5S2. The van der Waals surface area contributed by atoms with E-state index in [1.54, 1.807) is 43.5 Å². The van der Waals surface area contributed by atoms with Crippen molar-refractivity contribution in [2.75, 3.05) is 19.5 Å². The van der Waals surface area contributed by atoms with Crippen molar-refractivity contribution >= 4 is 33.0 Å². The maximum Gasteiger partial charge on any atom is 0.250 e. The van der Waals surface area contributed by atoms with Gasteiger partial charge in [-0.3, -0.25) is 4.79 Å². The van der Waals surface area contributed by atoms with Crippen LogP contribution in [0.4, 0.5) is 5.69 Å². The standard InChI is InChI=1S/C17H22N2O5S2/c1-11(2)16(19-26(21,22)15-6-5-9-25-15)17(20)18-13-10-12(23-3)7-8-14(13)24-4/h5-11,16,19H,1-4H3,(H,18,20). The van der Waals surface area contributed by atoms with Crippen LogP contribution < -0.4 is 19.5 Å². The molecule has 0 aliphatic rings. The lowest BCUT2D eigenvalue weighted by molar-refractivity contribution is -0.118. The SMILES string of the molecule is COc1ccc(OC)c(NC(=O)C(NS(=O)(=O)c2cccs2)C(C)C)c1. The molecule has 142 valence electrons. The molecule has 0 saturated heterocycles. The van der Waals surface area contributed by atoms with Crippen LogP contribution >= 0.6 is 11.3 Å². The minimum Gasteiger partial charge on any atom is -0.497 e. The second-order valence-electron chi connectivity index (χ2n) is 5.83. The van der Waals surface area contributed by atoms with Crippen LogP contribution in [0.1, 0.15) is 13.8 Å². The number of carbonyl (C=O) groups excluding carboxylic acids is 1. The predicted octanol–water partition coefficient (Wildman–Crippen LogP) is 2.71. The Morgan fingerprint density at radius 2 is 1.88 bits per heavy atom. The van der Waals surface area contributed by atoms with Crippen molar-refractivity contribution in [3.05, 3.63) is 35.7 Å². The summed E-state index contributed by atoms with van der Waals surface area (Å²) in [5.74, 6) is 0.247. The monoisotopic (exact) mass is 398 g/mol. The number of amides is 1. The third-order valence-corrected chi connectivity index (χ3v) is 6.49. The minimum absolute atomic E-state index is 0.162. The summed E-state index contributed by atoms with van der Waals surface area (Å²) in [7, 11) is -0.779. The summed E-state index contributed by atoms with van der Waals surface area (Å²) >= 11 is 1.09. The van der Waals surface area contributed by atoms with Crippen LogP contribution in [0.15, 0.2) is 39.9 Å². The third kappa shape index (κ3) is 4.75. The van der Waals surface area contributed by atoms with Crippen molar-refractivity contribution in [1.82, 2.24) is 4.72 Å². The van der Waals surface area contributed by atoms with Gasteiger partial charge in [-0.25, -0.2) is 8.42 Å². The van der Waals surface area contributed by atoms with Gasteiger partial charge in [0.2, 0.25) is 5.91 Å². The van der Waals surface area contributed by atoms with Gasteiger partial charge in [-0.05, 0) is 29.5 Å². The van der Waals surface area contributed by atoms with Gasteiger partial charge in [0.15, 0.2) is 0 Å². The Bertz CT molecular complexity index is 848. The highest BCUT2D eigenvalue weighted by Crippen LogP contribution is 2.29. The maximum atomic E-state index is 12.7. The van der Waals surface area contributed by atoms with Gasteiger partial charge in [-0.15, -0.1) is 11.3 Å². The van der Waals surface area contributed by atoms with Crippen molar-refractivity contribution in [1.29, 1.82) is 0 Å². The van der Waals surface area contributed by atoms with Gasteiger partial charge in [0, 0.05) is 6.07 Å². The van der Waals surface area contributed by atoms with E-state index in [-0.39, 0.29) is 10.1 Å². The molecule has 1 unspecified atom stereocenters. The lowest BCUT2D eigenvalue weighted by Gasteiger charge is -2.22. The Morgan fingerprint density at radius 3 is 2.42 bits per heavy atom. The number of anilines is 1. The summed E-state index contributed by atoms with van der Waals surface area (Å²) in [6.07, 6.45) is 0. The molecule has 9 heteroatoms. The molecule has 1 heterocycles. The number of thiophene rings is 1. The number of rotatable bonds is 8. The van der Waals surface area contributed by atoms with Gasteiger partial charge >= 0.3 is 0 Å². The van der Waals surface area contributed by atoms with Crippen molar-refractivity contribution < 1.29 is 22.7 Å². The number of methoxy groups -OCH3 is 2. The van der Waals surface area contributed by atoms with E-state index in [1.807, 2.05) is 0 Å². The summed E-state index contributed by atoms with van der Waals surface area (Å²) in [6, 6.07) is 7.17. The van der Waals surface area contributed by atoms with Gasteiger partial charge in [0.25, 0.3) is 10.0 Å². The molecule has 0 aliphatic carbocycles. The molecule has 1 atom stereocenters.